The minimum absolute atomic E-state index is 0.126. The average molecular weight is 352 g/mol. The summed E-state index contributed by atoms with van der Waals surface area (Å²) < 4.78 is 29.0. The van der Waals surface area contributed by atoms with E-state index in [0.717, 1.165) is 29.4 Å². The number of hydrogen-bond donors (Lipinski definition) is 0. The van der Waals surface area contributed by atoms with E-state index in [1.165, 1.54) is 28.9 Å². The van der Waals surface area contributed by atoms with Crippen molar-refractivity contribution in [3.63, 3.8) is 0 Å². The van der Waals surface area contributed by atoms with E-state index in [-0.39, 0.29) is 5.69 Å². The number of halogens is 2. The lowest BCUT2D eigenvalue weighted by Gasteiger charge is -2.17. The van der Waals surface area contributed by atoms with Gasteiger partial charge in [-0.15, -0.1) is 0 Å². The van der Waals surface area contributed by atoms with Crippen LogP contribution in [0, 0.1) is 32.4 Å². The number of benzene rings is 2. The van der Waals surface area contributed by atoms with Crippen LogP contribution in [0.3, 0.4) is 0 Å². The first-order valence-electron chi connectivity index (χ1n) is 8.69. The lowest BCUT2D eigenvalue weighted by Crippen LogP contribution is -2.05. The van der Waals surface area contributed by atoms with Crippen LogP contribution in [0.25, 0.3) is 5.69 Å². The van der Waals surface area contributed by atoms with Gasteiger partial charge in [0.15, 0.2) is 5.82 Å². The highest BCUT2D eigenvalue weighted by Crippen LogP contribution is 2.27. The van der Waals surface area contributed by atoms with Crippen LogP contribution in [0.4, 0.5) is 14.5 Å². The summed E-state index contributed by atoms with van der Waals surface area (Å²) in [6, 6.07) is 11.8. The van der Waals surface area contributed by atoms with Crippen molar-refractivity contribution < 1.29 is 8.78 Å². The second-order valence-electron chi connectivity index (χ2n) is 6.45. The molecule has 134 valence electrons. The predicted molar refractivity (Wildman–Crippen MR) is 103 cm³/mol. The van der Waals surface area contributed by atoms with Gasteiger partial charge in [-0.1, -0.05) is 25.1 Å². The van der Waals surface area contributed by atoms with E-state index >= 15 is 0 Å². The van der Waals surface area contributed by atoms with Gasteiger partial charge in [-0.2, -0.15) is 0 Å². The van der Waals surface area contributed by atoms with Crippen molar-refractivity contribution >= 4 is 11.9 Å². The maximum atomic E-state index is 13.8. The van der Waals surface area contributed by atoms with Crippen LogP contribution in [-0.4, -0.2) is 10.8 Å². The zero-order valence-electron chi connectivity index (χ0n) is 15.5. The minimum Gasteiger partial charge on any atom is -0.317 e. The number of aromatic nitrogens is 1. The van der Waals surface area contributed by atoms with Crippen molar-refractivity contribution in [1.82, 2.24) is 4.57 Å². The topological polar surface area (TPSA) is 17.3 Å². The number of nitrogens with zero attached hydrogens (tertiary/aromatic N) is 2. The predicted octanol–water partition coefficient (Wildman–Crippen LogP) is 5.99. The second-order valence-corrected chi connectivity index (χ2v) is 6.45. The largest absolute Gasteiger partial charge is 0.317 e. The lowest BCUT2D eigenvalue weighted by molar-refractivity contribution is 0.585. The molecule has 0 saturated heterocycles. The quantitative estimate of drug-likeness (QED) is 0.513. The maximum Gasteiger partial charge on any atom is 0.151 e. The van der Waals surface area contributed by atoms with E-state index in [1.807, 2.05) is 13.0 Å². The van der Waals surface area contributed by atoms with E-state index in [4.69, 9.17) is 0 Å². The fourth-order valence-electron chi connectivity index (χ4n) is 3.31. The van der Waals surface area contributed by atoms with E-state index < -0.39 is 11.6 Å². The number of hydrogen-bond acceptors (Lipinski definition) is 1. The molecule has 0 fully saturated rings. The molecule has 0 unspecified atom stereocenters. The van der Waals surface area contributed by atoms with Gasteiger partial charge >= 0.3 is 0 Å². The summed E-state index contributed by atoms with van der Waals surface area (Å²) in [5.74, 6) is -1.27. The van der Waals surface area contributed by atoms with Crippen molar-refractivity contribution in [2.24, 2.45) is 4.99 Å². The molecule has 3 rings (SSSR count). The third kappa shape index (κ3) is 3.32. The summed E-state index contributed by atoms with van der Waals surface area (Å²) >= 11 is 0. The molecule has 0 aliphatic carbocycles. The molecule has 1 heterocycles. The highest BCUT2D eigenvalue weighted by atomic mass is 19.1. The Balaban J connectivity index is 2.06. The molecule has 0 saturated carbocycles. The molecule has 3 aromatic rings. The maximum absolute atomic E-state index is 13.8. The van der Waals surface area contributed by atoms with Gasteiger partial charge in [0.1, 0.15) is 5.82 Å². The van der Waals surface area contributed by atoms with E-state index in [1.54, 1.807) is 6.21 Å². The highest BCUT2D eigenvalue weighted by molar-refractivity contribution is 5.84. The third-order valence-corrected chi connectivity index (χ3v) is 4.65. The molecule has 2 nitrogen and oxygen atoms in total. The van der Waals surface area contributed by atoms with E-state index in [2.05, 4.69) is 48.5 Å². The lowest BCUT2D eigenvalue weighted by atomic mass is 10.1. The molecule has 4 heteroatoms. The molecule has 0 spiro atoms. The number of aliphatic imine (C=N–C) groups is 1. The Morgan fingerprint density at radius 3 is 2.50 bits per heavy atom. The van der Waals surface area contributed by atoms with Gasteiger partial charge in [-0.25, -0.2) is 8.78 Å². The Kier molecular flexibility index (Phi) is 5.03. The minimum atomic E-state index is -0.665. The van der Waals surface area contributed by atoms with Crippen LogP contribution >= 0.6 is 0 Å². The Labute approximate surface area is 152 Å². The molecule has 26 heavy (non-hydrogen) atoms. The standard InChI is InChI=1S/C22H22F2N2/c1-5-17-8-6-7-14(2)22(17)26-15(3)11-18(16(26)4)13-25-21-10-9-19(23)12-20(21)24/h6-13H,5H2,1-4H3. The fraction of sp³-hybridized carbons (Fsp3) is 0.227. The Morgan fingerprint density at radius 2 is 1.81 bits per heavy atom. The van der Waals surface area contributed by atoms with Crippen molar-refractivity contribution in [3.05, 3.63) is 82.2 Å². The van der Waals surface area contributed by atoms with Crippen LogP contribution < -0.4 is 0 Å². The first-order valence-corrected chi connectivity index (χ1v) is 8.69. The molecule has 0 radical (unpaired) electrons. The monoisotopic (exact) mass is 352 g/mol. The molecular weight excluding hydrogens is 330 g/mol. The molecular formula is C22H22F2N2. The summed E-state index contributed by atoms with van der Waals surface area (Å²) in [4.78, 5) is 4.21. The van der Waals surface area contributed by atoms with Crippen LogP contribution in [0.2, 0.25) is 0 Å². The van der Waals surface area contributed by atoms with Gasteiger partial charge in [0.25, 0.3) is 0 Å². The third-order valence-electron chi connectivity index (χ3n) is 4.65. The van der Waals surface area contributed by atoms with Gasteiger partial charge < -0.3 is 4.57 Å². The van der Waals surface area contributed by atoms with Crippen LogP contribution in [0.1, 0.15) is 35.0 Å². The SMILES string of the molecule is CCc1cccc(C)c1-n1c(C)cc(C=Nc2ccc(F)cc2F)c1C. The molecule has 0 aliphatic heterocycles. The Morgan fingerprint density at radius 1 is 1.04 bits per heavy atom. The average Bonchev–Trinajstić information content (AvgIpc) is 2.88. The number of para-hydroxylation sites is 1. The summed E-state index contributed by atoms with van der Waals surface area (Å²) in [6.45, 7) is 8.33. The first-order chi connectivity index (χ1) is 12.4. The fourth-order valence-corrected chi connectivity index (χ4v) is 3.31. The van der Waals surface area contributed by atoms with E-state index in [9.17, 15) is 8.78 Å². The van der Waals surface area contributed by atoms with Crippen LogP contribution in [0.15, 0.2) is 47.5 Å². The first kappa shape index (κ1) is 18.1. The van der Waals surface area contributed by atoms with Gasteiger partial charge in [0.05, 0.1) is 11.4 Å². The molecule has 0 aliphatic rings. The van der Waals surface area contributed by atoms with E-state index in [0.29, 0.717) is 0 Å². The van der Waals surface area contributed by atoms with Gasteiger partial charge in [0.2, 0.25) is 0 Å². The highest BCUT2D eigenvalue weighted by Gasteiger charge is 2.14. The molecule has 1 aromatic heterocycles. The number of aryl methyl sites for hydroxylation is 3. The normalized spacial score (nSPS) is 11.5. The molecule has 0 atom stereocenters. The number of rotatable bonds is 4. The van der Waals surface area contributed by atoms with Crippen LogP contribution in [0.5, 0.6) is 0 Å². The van der Waals surface area contributed by atoms with Crippen molar-refractivity contribution in [2.45, 2.75) is 34.1 Å². The zero-order chi connectivity index (χ0) is 18.8. The van der Waals surface area contributed by atoms with Gasteiger partial charge in [-0.05, 0) is 56.5 Å². The summed E-state index contributed by atoms with van der Waals surface area (Å²) in [6.07, 6.45) is 2.58. The zero-order valence-corrected chi connectivity index (χ0v) is 15.5. The molecule has 2 aromatic carbocycles. The smallest absolute Gasteiger partial charge is 0.151 e. The summed E-state index contributed by atoms with van der Waals surface area (Å²) in [7, 11) is 0. The molecule has 0 bridgehead atoms. The Hall–Kier alpha value is -2.75. The van der Waals surface area contributed by atoms with Crippen LogP contribution in [-0.2, 0) is 6.42 Å². The van der Waals surface area contributed by atoms with Crippen molar-refractivity contribution in [1.29, 1.82) is 0 Å². The second kappa shape index (κ2) is 7.24. The van der Waals surface area contributed by atoms with Gasteiger partial charge in [0, 0.05) is 29.2 Å². The van der Waals surface area contributed by atoms with Crippen molar-refractivity contribution in [2.75, 3.05) is 0 Å². The summed E-state index contributed by atoms with van der Waals surface area (Å²) in [5.41, 5.74) is 6.85. The Bertz CT molecular complexity index is 984. The summed E-state index contributed by atoms with van der Waals surface area (Å²) in [5, 5.41) is 0. The molecule has 0 amide bonds. The van der Waals surface area contributed by atoms with Gasteiger partial charge in [-0.3, -0.25) is 4.99 Å². The van der Waals surface area contributed by atoms with Crippen molar-refractivity contribution in [3.8, 4) is 5.69 Å². The molecule has 0 N–H and O–H groups in total.